The van der Waals surface area contributed by atoms with E-state index in [1.54, 1.807) is 0 Å². The predicted octanol–water partition coefficient (Wildman–Crippen LogP) is -0.899. The molecule has 0 bridgehead atoms. The van der Waals surface area contributed by atoms with E-state index in [0.717, 1.165) is 0 Å². The molecule has 3 N–H and O–H groups in total. The van der Waals surface area contributed by atoms with Crippen LogP contribution in [0.1, 0.15) is 6.92 Å². The lowest BCUT2D eigenvalue weighted by Crippen LogP contribution is -2.46. The molecule has 72 valence electrons. The standard InChI is InChI=1S/C6H8N2O5/c1-2-3(5(10)11)8(6(12)13)7-4(2)9/h2-3H,1H3,(H,7,9)(H,10,11)(H,12,13). The second-order valence-corrected chi connectivity index (χ2v) is 2.70. The molecule has 1 aliphatic heterocycles. The van der Waals surface area contributed by atoms with E-state index in [1.807, 2.05) is 5.43 Å². The van der Waals surface area contributed by atoms with Gasteiger partial charge in [0.2, 0.25) is 5.91 Å². The average Bonchev–Trinajstić information content (AvgIpc) is 2.28. The van der Waals surface area contributed by atoms with Crippen LogP contribution >= 0.6 is 0 Å². The third-order valence-corrected chi connectivity index (χ3v) is 1.86. The summed E-state index contributed by atoms with van der Waals surface area (Å²) >= 11 is 0. The monoisotopic (exact) mass is 188 g/mol. The van der Waals surface area contributed by atoms with Crippen molar-refractivity contribution >= 4 is 18.0 Å². The second kappa shape index (κ2) is 2.92. The first kappa shape index (κ1) is 9.30. The van der Waals surface area contributed by atoms with Crippen molar-refractivity contribution in [2.45, 2.75) is 13.0 Å². The van der Waals surface area contributed by atoms with E-state index < -0.39 is 29.9 Å². The Morgan fingerprint density at radius 2 is 2.00 bits per heavy atom. The molecule has 0 aromatic heterocycles. The van der Waals surface area contributed by atoms with Crippen molar-refractivity contribution in [3.63, 3.8) is 0 Å². The van der Waals surface area contributed by atoms with E-state index in [9.17, 15) is 14.4 Å². The molecule has 0 spiro atoms. The fourth-order valence-electron chi connectivity index (χ4n) is 1.15. The number of hydrazine groups is 1. The lowest BCUT2D eigenvalue weighted by Gasteiger charge is -2.17. The number of aliphatic carboxylic acids is 1. The zero-order valence-corrected chi connectivity index (χ0v) is 6.72. The molecular formula is C6H8N2O5. The number of nitrogens with zero attached hydrogens (tertiary/aromatic N) is 1. The third kappa shape index (κ3) is 1.40. The highest BCUT2D eigenvalue weighted by atomic mass is 16.4. The maximum atomic E-state index is 10.9. The first-order valence-electron chi connectivity index (χ1n) is 3.50. The molecule has 1 fully saturated rings. The molecule has 7 nitrogen and oxygen atoms in total. The summed E-state index contributed by atoms with van der Waals surface area (Å²) in [5.41, 5.74) is 1.95. The van der Waals surface area contributed by atoms with E-state index in [1.165, 1.54) is 6.92 Å². The molecule has 0 radical (unpaired) electrons. The predicted molar refractivity (Wildman–Crippen MR) is 38.6 cm³/mol. The van der Waals surface area contributed by atoms with Crippen LogP contribution in [-0.2, 0) is 9.59 Å². The molecule has 0 aromatic carbocycles. The smallest absolute Gasteiger partial charge is 0.427 e. The number of carbonyl (C=O) groups excluding carboxylic acids is 1. The van der Waals surface area contributed by atoms with Crippen LogP contribution in [0, 0.1) is 5.92 Å². The third-order valence-electron chi connectivity index (χ3n) is 1.86. The number of carbonyl (C=O) groups is 3. The Balaban J connectivity index is 2.93. The van der Waals surface area contributed by atoms with E-state index in [4.69, 9.17) is 10.2 Å². The number of hydrogen-bond acceptors (Lipinski definition) is 3. The first-order valence-corrected chi connectivity index (χ1v) is 3.50. The summed E-state index contributed by atoms with van der Waals surface area (Å²) < 4.78 is 0. The van der Waals surface area contributed by atoms with Gasteiger partial charge in [0.25, 0.3) is 0 Å². The molecule has 0 saturated carbocycles. The number of carboxylic acid groups (broad SMARTS) is 2. The number of rotatable bonds is 1. The average molecular weight is 188 g/mol. The highest BCUT2D eigenvalue weighted by molar-refractivity contribution is 5.93. The van der Waals surface area contributed by atoms with Crippen LogP contribution < -0.4 is 5.43 Å². The van der Waals surface area contributed by atoms with Gasteiger partial charge in [0.05, 0.1) is 5.92 Å². The van der Waals surface area contributed by atoms with Crippen molar-refractivity contribution in [3.8, 4) is 0 Å². The largest absolute Gasteiger partial charge is 0.480 e. The molecule has 2 atom stereocenters. The zero-order valence-electron chi connectivity index (χ0n) is 6.72. The minimum atomic E-state index is -1.48. The zero-order chi connectivity index (χ0) is 10.2. The summed E-state index contributed by atoms with van der Waals surface area (Å²) in [6.07, 6.45) is -1.48. The van der Waals surface area contributed by atoms with Crippen LogP contribution in [0.2, 0.25) is 0 Å². The van der Waals surface area contributed by atoms with E-state index in [-0.39, 0.29) is 0 Å². The number of amides is 2. The van der Waals surface area contributed by atoms with Crippen molar-refractivity contribution in [1.29, 1.82) is 0 Å². The summed E-state index contributed by atoms with van der Waals surface area (Å²) in [6.45, 7) is 1.36. The fraction of sp³-hybridized carbons (Fsp3) is 0.500. The quantitative estimate of drug-likeness (QED) is 0.494. The Morgan fingerprint density at radius 3 is 2.31 bits per heavy atom. The summed E-state index contributed by atoms with van der Waals surface area (Å²) in [4.78, 5) is 32.0. The van der Waals surface area contributed by atoms with Crippen LogP contribution in [0.4, 0.5) is 4.79 Å². The van der Waals surface area contributed by atoms with E-state index >= 15 is 0 Å². The molecule has 2 unspecified atom stereocenters. The van der Waals surface area contributed by atoms with Crippen LogP contribution in [0.3, 0.4) is 0 Å². The fourth-order valence-corrected chi connectivity index (χ4v) is 1.15. The topological polar surface area (TPSA) is 107 Å². The molecule has 2 amide bonds. The number of carboxylic acids is 1. The number of hydrogen-bond donors (Lipinski definition) is 3. The van der Waals surface area contributed by atoms with Crippen molar-refractivity contribution in [2.75, 3.05) is 0 Å². The van der Waals surface area contributed by atoms with Crippen LogP contribution in [0.15, 0.2) is 0 Å². The lowest BCUT2D eigenvalue weighted by molar-refractivity contribution is -0.143. The Labute approximate surface area is 72.9 Å². The molecule has 0 aromatic rings. The van der Waals surface area contributed by atoms with Gasteiger partial charge in [0, 0.05) is 0 Å². The van der Waals surface area contributed by atoms with Gasteiger partial charge in [-0.25, -0.2) is 14.6 Å². The van der Waals surface area contributed by atoms with Crippen LogP contribution in [0.25, 0.3) is 0 Å². The van der Waals surface area contributed by atoms with Gasteiger partial charge < -0.3 is 10.2 Å². The molecular weight excluding hydrogens is 180 g/mol. The SMILES string of the molecule is CC1C(=O)NN(C(=O)O)C1C(=O)O. The molecule has 7 heteroatoms. The first-order chi connectivity index (χ1) is 5.95. The van der Waals surface area contributed by atoms with Crippen molar-refractivity contribution in [2.24, 2.45) is 5.92 Å². The summed E-state index contributed by atoms with van der Waals surface area (Å²) in [5.74, 6) is -2.81. The van der Waals surface area contributed by atoms with Crippen LogP contribution in [-0.4, -0.2) is 39.2 Å². The van der Waals surface area contributed by atoms with E-state index in [0.29, 0.717) is 5.01 Å². The molecule has 0 aliphatic carbocycles. The van der Waals surface area contributed by atoms with Gasteiger partial charge in [-0.2, -0.15) is 0 Å². The molecule has 13 heavy (non-hydrogen) atoms. The summed E-state index contributed by atoms with van der Waals surface area (Å²) in [6, 6.07) is -1.34. The highest BCUT2D eigenvalue weighted by Gasteiger charge is 2.45. The lowest BCUT2D eigenvalue weighted by atomic mass is 10.0. The van der Waals surface area contributed by atoms with Gasteiger partial charge in [0.1, 0.15) is 0 Å². The van der Waals surface area contributed by atoms with Crippen molar-refractivity contribution in [3.05, 3.63) is 0 Å². The molecule has 1 heterocycles. The normalized spacial score (nSPS) is 27.2. The Bertz CT molecular complexity index is 276. The van der Waals surface area contributed by atoms with Gasteiger partial charge >= 0.3 is 12.1 Å². The van der Waals surface area contributed by atoms with Crippen LogP contribution in [0.5, 0.6) is 0 Å². The summed E-state index contributed by atoms with van der Waals surface area (Å²) in [5, 5.41) is 17.5. The van der Waals surface area contributed by atoms with Gasteiger partial charge in [0.15, 0.2) is 6.04 Å². The highest BCUT2D eigenvalue weighted by Crippen LogP contribution is 2.17. The maximum absolute atomic E-state index is 10.9. The Hall–Kier alpha value is -1.79. The second-order valence-electron chi connectivity index (χ2n) is 2.70. The van der Waals surface area contributed by atoms with E-state index in [2.05, 4.69) is 0 Å². The number of nitrogens with one attached hydrogen (secondary N) is 1. The van der Waals surface area contributed by atoms with Gasteiger partial charge in [-0.05, 0) is 0 Å². The Kier molecular flexibility index (Phi) is 2.09. The minimum absolute atomic E-state index is 0.398. The molecule has 1 aliphatic rings. The van der Waals surface area contributed by atoms with Crippen molar-refractivity contribution < 1.29 is 24.6 Å². The van der Waals surface area contributed by atoms with Crippen molar-refractivity contribution in [1.82, 2.24) is 10.4 Å². The molecule has 1 saturated heterocycles. The van der Waals surface area contributed by atoms with Gasteiger partial charge in [-0.3, -0.25) is 10.2 Å². The van der Waals surface area contributed by atoms with Gasteiger partial charge in [-0.1, -0.05) is 6.92 Å². The maximum Gasteiger partial charge on any atom is 0.427 e. The molecule has 1 rings (SSSR count). The summed E-state index contributed by atoms with van der Waals surface area (Å²) in [7, 11) is 0. The minimum Gasteiger partial charge on any atom is -0.480 e. The Morgan fingerprint density at radius 1 is 1.46 bits per heavy atom. The van der Waals surface area contributed by atoms with Gasteiger partial charge in [-0.15, -0.1) is 0 Å².